The molecule has 1 fully saturated rings. The van der Waals surface area contributed by atoms with E-state index in [1.165, 1.54) is 6.07 Å². The highest BCUT2D eigenvalue weighted by molar-refractivity contribution is 6.08. The van der Waals surface area contributed by atoms with Crippen molar-refractivity contribution in [1.29, 1.82) is 5.26 Å². The average Bonchev–Trinajstić information content (AvgIpc) is 2.65. The molecule has 6 heteroatoms. The number of imide groups is 1. The Bertz CT molecular complexity index is 628. The largest absolute Gasteiger partial charge is 0.324 e. The maximum absolute atomic E-state index is 11.9. The number of nitriles is 1. The van der Waals surface area contributed by atoms with Crippen LogP contribution < -0.4 is 5.32 Å². The van der Waals surface area contributed by atoms with Crippen molar-refractivity contribution in [2.45, 2.75) is 13.8 Å². The molecule has 0 bridgehead atoms. The summed E-state index contributed by atoms with van der Waals surface area (Å²) in [5.41, 5.74) is 0.877. The van der Waals surface area contributed by atoms with E-state index in [2.05, 4.69) is 5.32 Å². The molecule has 108 valence electrons. The van der Waals surface area contributed by atoms with Gasteiger partial charge in [-0.25, -0.2) is 0 Å². The highest BCUT2D eigenvalue weighted by atomic mass is 16.2. The molecule has 0 spiro atoms. The van der Waals surface area contributed by atoms with Gasteiger partial charge in [0.05, 0.1) is 11.6 Å². The summed E-state index contributed by atoms with van der Waals surface area (Å²) in [5.74, 6) is -1.91. The van der Waals surface area contributed by atoms with Crippen LogP contribution in [-0.2, 0) is 14.4 Å². The zero-order chi connectivity index (χ0) is 15.6. The number of carbonyl (C=O) groups excluding carboxylic acids is 3. The first-order valence-electron chi connectivity index (χ1n) is 6.59. The summed E-state index contributed by atoms with van der Waals surface area (Å²) in [4.78, 5) is 36.7. The normalized spacial score (nSPS) is 21.3. The van der Waals surface area contributed by atoms with Crippen LogP contribution in [0.25, 0.3) is 0 Å². The van der Waals surface area contributed by atoms with E-state index in [-0.39, 0.29) is 18.4 Å². The van der Waals surface area contributed by atoms with Gasteiger partial charge in [0.1, 0.15) is 6.54 Å². The number of carbonyl (C=O) groups is 3. The van der Waals surface area contributed by atoms with Crippen molar-refractivity contribution in [3.8, 4) is 6.07 Å². The van der Waals surface area contributed by atoms with E-state index in [4.69, 9.17) is 5.26 Å². The predicted octanol–water partition coefficient (Wildman–Crippen LogP) is 1.14. The van der Waals surface area contributed by atoms with Gasteiger partial charge in [0.25, 0.3) is 0 Å². The van der Waals surface area contributed by atoms with Crippen LogP contribution in [0.15, 0.2) is 24.3 Å². The fourth-order valence-electron chi connectivity index (χ4n) is 2.19. The van der Waals surface area contributed by atoms with Gasteiger partial charge in [-0.15, -0.1) is 0 Å². The number of amides is 3. The number of nitrogens with zero attached hydrogens (tertiary/aromatic N) is 2. The van der Waals surface area contributed by atoms with E-state index in [9.17, 15) is 14.4 Å². The summed E-state index contributed by atoms with van der Waals surface area (Å²) < 4.78 is 0. The smallest absolute Gasteiger partial charge is 0.244 e. The first-order valence-corrected chi connectivity index (χ1v) is 6.59. The van der Waals surface area contributed by atoms with Gasteiger partial charge >= 0.3 is 0 Å². The minimum Gasteiger partial charge on any atom is -0.324 e. The van der Waals surface area contributed by atoms with Gasteiger partial charge < -0.3 is 5.32 Å². The number of likely N-dealkylation sites (tertiary alicyclic amines) is 1. The zero-order valence-electron chi connectivity index (χ0n) is 11.8. The molecule has 2 atom stereocenters. The highest BCUT2D eigenvalue weighted by Gasteiger charge is 2.42. The lowest BCUT2D eigenvalue weighted by Crippen LogP contribution is -2.38. The third-order valence-corrected chi connectivity index (χ3v) is 3.64. The second-order valence-electron chi connectivity index (χ2n) is 5.08. The highest BCUT2D eigenvalue weighted by Crippen LogP contribution is 2.25. The summed E-state index contributed by atoms with van der Waals surface area (Å²) in [6.45, 7) is 3.06. The summed E-state index contributed by atoms with van der Waals surface area (Å²) in [5, 5.41) is 11.4. The van der Waals surface area contributed by atoms with Crippen LogP contribution in [0.4, 0.5) is 5.69 Å². The third-order valence-electron chi connectivity index (χ3n) is 3.64. The van der Waals surface area contributed by atoms with Gasteiger partial charge in [-0.2, -0.15) is 5.26 Å². The lowest BCUT2D eigenvalue weighted by atomic mass is 10.00. The van der Waals surface area contributed by atoms with Crippen molar-refractivity contribution in [1.82, 2.24) is 4.90 Å². The Morgan fingerprint density at radius 3 is 2.48 bits per heavy atom. The molecule has 2 unspecified atom stereocenters. The number of hydrogen-bond acceptors (Lipinski definition) is 4. The van der Waals surface area contributed by atoms with Gasteiger partial charge in [0, 0.05) is 17.5 Å². The summed E-state index contributed by atoms with van der Waals surface area (Å²) >= 11 is 0. The lowest BCUT2D eigenvalue weighted by molar-refractivity contribution is -0.142. The number of hydrogen-bond donors (Lipinski definition) is 1. The molecule has 0 radical (unpaired) electrons. The number of nitrogens with one attached hydrogen (secondary N) is 1. The number of rotatable bonds is 3. The van der Waals surface area contributed by atoms with Crippen LogP contribution in [0.2, 0.25) is 0 Å². The molecular formula is C15H15N3O3. The lowest BCUT2D eigenvalue weighted by Gasteiger charge is -2.14. The van der Waals surface area contributed by atoms with Crippen molar-refractivity contribution >= 4 is 23.4 Å². The van der Waals surface area contributed by atoms with Crippen LogP contribution in [0, 0.1) is 23.2 Å². The first kappa shape index (κ1) is 14.7. The molecule has 0 saturated carbocycles. The van der Waals surface area contributed by atoms with Crippen LogP contribution >= 0.6 is 0 Å². The Labute approximate surface area is 122 Å². The minimum atomic E-state index is -0.465. The molecule has 6 nitrogen and oxygen atoms in total. The molecule has 1 aliphatic heterocycles. The molecule has 1 heterocycles. The average molecular weight is 285 g/mol. The van der Waals surface area contributed by atoms with Gasteiger partial charge in [0.2, 0.25) is 17.7 Å². The molecule has 1 N–H and O–H groups in total. The summed E-state index contributed by atoms with van der Waals surface area (Å²) in [6, 6.07) is 8.39. The van der Waals surface area contributed by atoms with Crippen LogP contribution in [-0.4, -0.2) is 29.2 Å². The second-order valence-corrected chi connectivity index (χ2v) is 5.08. The summed E-state index contributed by atoms with van der Waals surface area (Å²) in [6.07, 6.45) is 0. The molecule has 0 aliphatic carbocycles. The Morgan fingerprint density at radius 2 is 1.90 bits per heavy atom. The Kier molecular flexibility index (Phi) is 4.03. The van der Waals surface area contributed by atoms with E-state index in [1.54, 1.807) is 32.0 Å². The van der Waals surface area contributed by atoms with Crippen LogP contribution in [0.3, 0.4) is 0 Å². The van der Waals surface area contributed by atoms with Crippen molar-refractivity contribution in [2.75, 3.05) is 11.9 Å². The Morgan fingerprint density at radius 1 is 1.29 bits per heavy atom. The monoisotopic (exact) mass is 285 g/mol. The van der Waals surface area contributed by atoms with E-state index in [0.29, 0.717) is 11.3 Å². The van der Waals surface area contributed by atoms with E-state index in [0.717, 1.165) is 4.90 Å². The molecule has 21 heavy (non-hydrogen) atoms. The molecule has 3 amide bonds. The molecule has 1 aliphatic rings. The fourth-order valence-corrected chi connectivity index (χ4v) is 2.19. The first-order chi connectivity index (χ1) is 9.93. The molecule has 0 aromatic heterocycles. The Balaban J connectivity index is 2.04. The SMILES string of the molecule is CC1C(=O)N(CC(=O)Nc2cccc(C#N)c2)C(=O)C1C. The topological polar surface area (TPSA) is 90.3 Å². The van der Waals surface area contributed by atoms with Crippen molar-refractivity contribution in [3.05, 3.63) is 29.8 Å². The quantitative estimate of drug-likeness (QED) is 0.843. The Hall–Kier alpha value is -2.68. The third kappa shape index (κ3) is 2.92. The maximum atomic E-state index is 11.9. The molecular weight excluding hydrogens is 270 g/mol. The van der Waals surface area contributed by atoms with Gasteiger partial charge in [0.15, 0.2) is 0 Å². The minimum absolute atomic E-state index is 0.302. The summed E-state index contributed by atoms with van der Waals surface area (Å²) in [7, 11) is 0. The fraction of sp³-hybridized carbons (Fsp3) is 0.333. The number of anilines is 1. The van der Waals surface area contributed by atoms with Crippen LogP contribution in [0.1, 0.15) is 19.4 Å². The van der Waals surface area contributed by atoms with Crippen LogP contribution in [0.5, 0.6) is 0 Å². The maximum Gasteiger partial charge on any atom is 0.244 e. The molecule has 1 aromatic rings. The van der Waals surface area contributed by atoms with Gasteiger partial charge in [-0.3, -0.25) is 19.3 Å². The molecule has 1 saturated heterocycles. The standard InChI is InChI=1S/C15H15N3O3/c1-9-10(2)15(21)18(14(9)20)8-13(19)17-12-5-3-4-11(6-12)7-16/h3-6,9-10H,8H2,1-2H3,(H,17,19). The molecule has 1 aromatic carbocycles. The van der Waals surface area contributed by atoms with Crippen molar-refractivity contribution in [3.63, 3.8) is 0 Å². The molecule has 2 rings (SSSR count). The van der Waals surface area contributed by atoms with E-state index >= 15 is 0 Å². The predicted molar refractivity (Wildman–Crippen MR) is 74.8 cm³/mol. The zero-order valence-corrected chi connectivity index (χ0v) is 11.8. The van der Waals surface area contributed by atoms with E-state index in [1.807, 2.05) is 6.07 Å². The van der Waals surface area contributed by atoms with Crippen molar-refractivity contribution in [2.24, 2.45) is 11.8 Å². The second kappa shape index (κ2) is 5.75. The van der Waals surface area contributed by atoms with Gasteiger partial charge in [-0.1, -0.05) is 19.9 Å². The van der Waals surface area contributed by atoms with E-state index < -0.39 is 17.7 Å². The van der Waals surface area contributed by atoms with Gasteiger partial charge in [-0.05, 0) is 18.2 Å². The van der Waals surface area contributed by atoms with Crippen molar-refractivity contribution < 1.29 is 14.4 Å². The number of benzene rings is 1.